The molecule has 5 aliphatic rings. The maximum Gasteiger partial charge on any atom is 0.223 e. The van der Waals surface area contributed by atoms with Gasteiger partial charge in [-0.25, -0.2) is 0 Å². The lowest BCUT2D eigenvalue weighted by atomic mass is 9.49. The van der Waals surface area contributed by atoms with Crippen LogP contribution in [0.4, 0.5) is 0 Å². The van der Waals surface area contributed by atoms with Gasteiger partial charge >= 0.3 is 0 Å². The van der Waals surface area contributed by atoms with Crippen LogP contribution in [0.25, 0.3) is 0 Å². The molecule has 1 aromatic carbocycles. The van der Waals surface area contributed by atoms with E-state index >= 15 is 0 Å². The standard InChI is InChI=1S/C24H34N2O/c1-18-2-4-19(5-3-18)17-25-6-8-26(9-7-25)23(27)16-24-13-20-10-21(14-24)12-22(11-20)15-24/h2-5,20-22H,6-17H2,1H3. The molecule has 0 spiro atoms. The lowest BCUT2D eigenvalue weighted by molar-refractivity contribution is -0.141. The van der Waals surface area contributed by atoms with Crippen molar-refractivity contribution in [3.63, 3.8) is 0 Å². The quantitative estimate of drug-likeness (QED) is 0.795. The first-order valence-corrected chi connectivity index (χ1v) is 11.1. The molecule has 27 heavy (non-hydrogen) atoms. The maximum atomic E-state index is 13.1. The van der Waals surface area contributed by atoms with Crippen LogP contribution in [-0.2, 0) is 11.3 Å². The first kappa shape index (κ1) is 17.7. The molecule has 4 bridgehead atoms. The van der Waals surface area contributed by atoms with E-state index in [2.05, 4.69) is 41.0 Å². The fraction of sp³-hybridized carbons (Fsp3) is 0.708. The van der Waals surface area contributed by atoms with E-state index in [-0.39, 0.29) is 0 Å². The van der Waals surface area contributed by atoms with E-state index in [4.69, 9.17) is 0 Å². The third-order valence-corrected chi connectivity index (χ3v) is 7.94. The number of nitrogens with zero attached hydrogens (tertiary/aromatic N) is 2. The van der Waals surface area contributed by atoms with Crippen LogP contribution in [0.5, 0.6) is 0 Å². The average Bonchev–Trinajstić information content (AvgIpc) is 2.63. The van der Waals surface area contributed by atoms with E-state index in [1.807, 2.05) is 0 Å². The highest BCUT2D eigenvalue weighted by Crippen LogP contribution is 2.61. The molecule has 1 saturated heterocycles. The zero-order valence-electron chi connectivity index (χ0n) is 16.8. The molecule has 4 aliphatic carbocycles. The third-order valence-electron chi connectivity index (χ3n) is 7.94. The van der Waals surface area contributed by atoms with Crippen molar-refractivity contribution in [2.45, 2.75) is 58.4 Å². The summed E-state index contributed by atoms with van der Waals surface area (Å²) in [6.07, 6.45) is 9.27. The summed E-state index contributed by atoms with van der Waals surface area (Å²) in [5.41, 5.74) is 3.08. The van der Waals surface area contributed by atoms with Crippen molar-refractivity contribution in [3.05, 3.63) is 35.4 Å². The summed E-state index contributed by atoms with van der Waals surface area (Å²) in [5.74, 6) is 3.27. The topological polar surface area (TPSA) is 23.6 Å². The number of aryl methyl sites for hydroxylation is 1. The SMILES string of the molecule is Cc1ccc(CN2CCN(C(=O)CC34CC5CC(CC(C5)C3)C4)CC2)cc1. The molecule has 146 valence electrons. The van der Waals surface area contributed by atoms with Gasteiger partial charge in [-0.05, 0) is 74.2 Å². The van der Waals surface area contributed by atoms with Crippen LogP contribution >= 0.6 is 0 Å². The minimum Gasteiger partial charge on any atom is -0.340 e. The first-order valence-electron chi connectivity index (χ1n) is 11.1. The summed E-state index contributed by atoms with van der Waals surface area (Å²) in [5, 5.41) is 0. The normalized spacial score (nSPS) is 35.6. The van der Waals surface area contributed by atoms with E-state index in [0.717, 1.165) is 56.9 Å². The lowest BCUT2D eigenvalue weighted by Gasteiger charge is -2.57. The predicted molar refractivity (Wildman–Crippen MR) is 108 cm³/mol. The summed E-state index contributed by atoms with van der Waals surface area (Å²) >= 11 is 0. The molecule has 1 aromatic rings. The number of hydrogen-bond acceptors (Lipinski definition) is 2. The number of benzene rings is 1. The van der Waals surface area contributed by atoms with Gasteiger partial charge in [0.2, 0.25) is 5.91 Å². The number of carbonyl (C=O) groups excluding carboxylic acids is 1. The molecule has 0 N–H and O–H groups in total. The lowest BCUT2D eigenvalue weighted by Crippen LogP contribution is -2.52. The molecule has 1 aliphatic heterocycles. The van der Waals surface area contributed by atoms with E-state index in [9.17, 15) is 4.79 Å². The Morgan fingerprint density at radius 3 is 2.04 bits per heavy atom. The Labute approximate surface area is 164 Å². The van der Waals surface area contributed by atoms with Gasteiger partial charge in [0.15, 0.2) is 0 Å². The Hall–Kier alpha value is -1.35. The van der Waals surface area contributed by atoms with E-state index < -0.39 is 0 Å². The van der Waals surface area contributed by atoms with Crippen molar-refractivity contribution in [1.29, 1.82) is 0 Å². The van der Waals surface area contributed by atoms with Crippen molar-refractivity contribution < 1.29 is 4.79 Å². The monoisotopic (exact) mass is 366 g/mol. The van der Waals surface area contributed by atoms with Crippen molar-refractivity contribution in [1.82, 2.24) is 9.80 Å². The van der Waals surface area contributed by atoms with Gasteiger partial charge in [-0.2, -0.15) is 0 Å². The summed E-state index contributed by atoms with van der Waals surface area (Å²) in [4.78, 5) is 17.8. The highest BCUT2D eigenvalue weighted by Gasteiger charge is 2.51. The number of amides is 1. The number of piperazine rings is 1. The predicted octanol–water partition coefficient (Wildman–Crippen LogP) is 4.25. The van der Waals surface area contributed by atoms with Gasteiger partial charge in [-0.1, -0.05) is 29.8 Å². The second kappa shape index (κ2) is 6.92. The number of carbonyl (C=O) groups is 1. The molecule has 6 rings (SSSR count). The van der Waals surface area contributed by atoms with Gasteiger partial charge in [-0.15, -0.1) is 0 Å². The third kappa shape index (κ3) is 3.68. The van der Waals surface area contributed by atoms with Gasteiger partial charge in [0.05, 0.1) is 0 Å². The van der Waals surface area contributed by atoms with Crippen LogP contribution in [0.3, 0.4) is 0 Å². The van der Waals surface area contributed by atoms with Crippen LogP contribution in [0.2, 0.25) is 0 Å². The van der Waals surface area contributed by atoms with Gasteiger partial charge in [0.1, 0.15) is 0 Å². The molecule has 3 nitrogen and oxygen atoms in total. The molecule has 0 aromatic heterocycles. The minimum atomic E-state index is 0.380. The molecule has 1 heterocycles. The van der Waals surface area contributed by atoms with Crippen molar-refractivity contribution in [2.24, 2.45) is 23.2 Å². The minimum absolute atomic E-state index is 0.380. The zero-order valence-corrected chi connectivity index (χ0v) is 16.8. The molecule has 4 saturated carbocycles. The van der Waals surface area contributed by atoms with Crippen LogP contribution in [-0.4, -0.2) is 41.9 Å². The van der Waals surface area contributed by atoms with Crippen LogP contribution in [0.1, 0.15) is 56.1 Å². The molecule has 0 radical (unpaired) electrons. The molecule has 1 amide bonds. The Bertz CT molecular complexity index is 652. The van der Waals surface area contributed by atoms with Gasteiger partial charge in [0, 0.05) is 39.1 Å². The molecule has 5 fully saturated rings. The molecule has 3 heteroatoms. The summed E-state index contributed by atoms with van der Waals surface area (Å²) in [7, 11) is 0. The van der Waals surface area contributed by atoms with E-state index in [1.165, 1.54) is 49.7 Å². The Kier molecular flexibility index (Phi) is 4.54. The molecule has 0 atom stereocenters. The Morgan fingerprint density at radius 1 is 0.926 bits per heavy atom. The van der Waals surface area contributed by atoms with Crippen LogP contribution in [0.15, 0.2) is 24.3 Å². The second-order valence-electron chi connectivity index (χ2n) is 10.2. The fourth-order valence-corrected chi connectivity index (χ4v) is 7.05. The van der Waals surface area contributed by atoms with Gasteiger partial charge in [-0.3, -0.25) is 9.69 Å². The smallest absolute Gasteiger partial charge is 0.223 e. The zero-order chi connectivity index (χ0) is 18.4. The number of rotatable bonds is 4. The molecule has 0 unspecified atom stereocenters. The summed E-state index contributed by atoms with van der Waals surface area (Å²) in [6.45, 7) is 7.00. The number of hydrogen-bond donors (Lipinski definition) is 0. The molecular formula is C24H34N2O. The Morgan fingerprint density at radius 2 is 1.48 bits per heavy atom. The highest BCUT2D eigenvalue weighted by molar-refractivity contribution is 5.77. The Balaban J connectivity index is 1.14. The van der Waals surface area contributed by atoms with Gasteiger partial charge in [0.25, 0.3) is 0 Å². The van der Waals surface area contributed by atoms with Crippen molar-refractivity contribution in [3.8, 4) is 0 Å². The summed E-state index contributed by atoms with van der Waals surface area (Å²) in [6, 6.07) is 8.86. The van der Waals surface area contributed by atoms with Crippen LogP contribution < -0.4 is 0 Å². The second-order valence-corrected chi connectivity index (χ2v) is 10.2. The highest BCUT2D eigenvalue weighted by atomic mass is 16.2. The molecular weight excluding hydrogens is 332 g/mol. The fourth-order valence-electron chi connectivity index (χ4n) is 7.05. The van der Waals surface area contributed by atoms with E-state index in [1.54, 1.807) is 0 Å². The van der Waals surface area contributed by atoms with E-state index in [0.29, 0.717) is 11.3 Å². The first-order chi connectivity index (χ1) is 13.1. The average molecular weight is 367 g/mol. The van der Waals surface area contributed by atoms with Gasteiger partial charge < -0.3 is 4.90 Å². The maximum absolute atomic E-state index is 13.1. The van der Waals surface area contributed by atoms with Crippen molar-refractivity contribution in [2.75, 3.05) is 26.2 Å². The summed E-state index contributed by atoms with van der Waals surface area (Å²) < 4.78 is 0. The van der Waals surface area contributed by atoms with Crippen molar-refractivity contribution >= 4 is 5.91 Å². The van der Waals surface area contributed by atoms with Crippen LogP contribution in [0, 0.1) is 30.1 Å². The largest absolute Gasteiger partial charge is 0.340 e.